The number of rotatable bonds is 6. The molecule has 2 aromatic heterocycles. The van der Waals surface area contributed by atoms with Crippen LogP contribution in [-0.2, 0) is 16.6 Å². The molecule has 116 valence electrons. The van der Waals surface area contributed by atoms with Gasteiger partial charge in [0.15, 0.2) is 0 Å². The minimum absolute atomic E-state index is 0.321. The standard InChI is InChI=1S/C13H20N4O2S2/c1-5-16(6-2)21(18,19)13-10(3)15-17(11(13)4)7-12-8-20-9-14-12/h8-9H,5-7H2,1-4H3. The molecule has 0 saturated carbocycles. The van der Waals surface area contributed by atoms with Crippen molar-refractivity contribution in [2.45, 2.75) is 39.1 Å². The van der Waals surface area contributed by atoms with Crippen molar-refractivity contribution in [1.29, 1.82) is 0 Å². The predicted octanol–water partition coefficient (Wildman–Crippen LogP) is 2.04. The largest absolute Gasteiger partial charge is 0.262 e. The zero-order valence-corrected chi connectivity index (χ0v) is 14.3. The van der Waals surface area contributed by atoms with Gasteiger partial charge in [-0.15, -0.1) is 11.3 Å². The molecule has 0 fully saturated rings. The minimum Gasteiger partial charge on any atom is -0.262 e. The molecule has 0 atom stereocenters. The fourth-order valence-electron chi connectivity index (χ4n) is 2.37. The maximum Gasteiger partial charge on any atom is 0.246 e. The molecular formula is C13H20N4O2S2. The Balaban J connectivity index is 2.44. The summed E-state index contributed by atoms with van der Waals surface area (Å²) >= 11 is 1.51. The number of sulfonamides is 1. The van der Waals surface area contributed by atoms with Crippen LogP contribution in [-0.4, -0.2) is 40.6 Å². The highest BCUT2D eigenvalue weighted by atomic mass is 32.2. The summed E-state index contributed by atoms with van der Waals surface area (Å²) in [7, 11) is -3.49. The van der Waals surface area contributed by atoms with Crippen molar-refractivity contribution in [3.8, 4) is 0 Å². The first-order valence-electron chi connectivity index (χ1n) is 6.83. The Morgan fingerprint density at radius 2 is 1.95 bits per heavy atom. The van der Waals surface area contributed by atoms with Crippen LogP contribution >= 0.6 is 11.3 Å². The smallest absolute Gasteiger partial charge is 0.246 e. The van der Waals surface area contributed by atoms with E-state index in [-0.39, 0.29) is 0 Å². The van der Waals surface area contributed by atoms with E-state index in [1.165, 1.54) is 15.6 Å². The second-order valence-electron chi connectivity index (χ2n) is 4.73. The van der Waals surface area contributed by atoms with Gasteiger partial charge in [0.25, 0.3) is 0 Å². The molecule has 2 aromatic rings. The molecule has 0 amide bonds. The van der Waals surface area contributed by atoms with Gasteiger partial charge >= 0.3 is 0 Å². The third kappa shape index (κ3) is 3.02. The summed E-state index contributed by atoms with van der Waals surface area (Å²) in [4.78, 5) is 4.54. The Morgan fingerprint density at radius 1 is 1.29 bits per heavy atom. The number of aryl methyl sites for hydroxylation is 1. The van der Waals surface area contributed by atoms with E-state index in [2.05, 4.69) is 10.1 Å². The van der Waals surface area contributed by atoms with Gasteiger partial charge in [-0.1, -0.05) is 13.8 Å². The van der Waals surface area contributed by atoms with E-state index in [9.17, 15) is 8.42 Å². The summed E-state index contributed by atoms with van der Waals surface area (Å²) in [5, 5.41) is 6.32. The van der Waals surface area contributed by atoms with Crippen LogP contribution in [0.1, 0.15) is 30.9 Å². The van der Waals surface area contributed by atoms with E-state index >= 15 is 0 Å². The van der Waals surface area contributed by atoms with E-state index in [0.717, 1.165) is 5.69 Å². The summed E-state index contributed by atoms with van der Waals surface area (Å²) in [6.45, 7) is 8.61. The van der Waals surface area contributed by atoms with Crippen LogP contribution in [0, 0.1) is 13.8 Å². The number of thiazole rings is 1. The molecule has 2 rings (SSSR count). The summed E-state index contributed by atoms with van der Waals surface area (Å²) in [6.07, 6.45) is 0. The average molecular weight is 328 g/mol. The van der Waals surface area contributed by atoms with Gasteiger partial charge in [-0.2, -0.15) is 9.40 Å². The van der Waals surface area contributed by atoms with Crippen molar-refractivity contribution in [2.75, 3.05) is 13.1 Å². The minimum atomic E-state index is -3.49. The molecule has 0 radical (unpaired) electrons. The first-order chi connectivity index (χ1) is 9.91. The number of hydrogen-bond acceptors (Lipinski definition) is 5. The zero-order chi connectivity index (χ0) is 15.6. The Labute approximate surface area is 129 Å². The maximum absolute atomic E-state index is 12.7. The van der Waals surface area contributed by atoms with Crippen molar-refractivity contribution < 1.29 is 8.42 Å². The van der Waals surface area contributed by atoms with Crippen molar-refractivity contribution in [3.05, 3.63) is 28.0 Å². The van der Waals surface area contributed by atoms with E-state index < -0.39 is 10.0 Å². The van der Waals surface area contributed by atoms with Crippen LogP contribution in [0.3, 0.4) is 0 Å². The molecule has 8 heteroatoms. The van der Waals surface area contributed by atoms with E-state index in [0.29, 0.717) is 35.9 Å². The third-order valence-corrected chi connectivity index (χ3v) is 6.35. The number of aromatic nitrogens is 3. The molecular weight excluding hydrogens is 308 g/mol. The molecule has 2 heterocycles. The van der Waals surface area contributed by atoms with Crippen molar-refractivity contribution in [2.24, 2.45) is 0 Å². The van der Waals surface area contributed by atoms with Crippen molar-refractivity contribution >= 4 is 21.4 Å². The summed E-state index contributed by atoms with van der Waals surface area (Å²) in [5.74, 6) is 0. The fraction of sp³-hybridized carbons (Fsp3) is 0.538. The van der Waals surface area contributed by atoms with Crippen molar-refractivity contribution in [3.63, 3.8) is 0 Å². The van der Waals surface area contributed by atoms with Gasteiger partial charge < -0.3 is 0 Å². The van der Waals surface area contributed by atoms with Crippen LogP contribution in [0.4, 0.5) is 0 Å². The van der Waals surface area contributed by atoms with Crippen LogP contribution < -0.4 is 0 Å². The number of hydrogen-bond donors (Lipinski definition) is 0. The Morgan fingerprint density at radius 3 is 2.48 bits per heavy atom. The lowest BCUT2D eigenvalue weighted by Crippen LogP contribution is -2.31. The molecule has 0 bridgehead atoms. The Kier molecular flexibility index (Phi) is 4.80. The van der Waals surface area contributed by atoms with E-state index in [1.54, 1.807) is 24.0 Å². The molecule has 0 aromatic carbocycles. The van der Waals surface area contributed by atoms with Crippen LogP contribution in [0.15, 0.2) is 15.8 Å². The second kappa shape index (κ2) is 6.25. The van der Waals surface area contributed by atoms with E-state index in [1.807, 2.05) is 19.2 Å². The first-order valence-corrected chi connectivity index (χ1v) is 9.21. The quantitative estimate of drug-likeness (QED) is 0.814. The van der Waals surface area contributed by atoms with E-state index in [4.69, 9.17) is 0 Å². The normalized spacial score (nSPS) is 12.2. The lowest BCUT2D eigenvalue weighted by Gasteiger charge is -2.18. The van der Waals surface area contributed by atoms with Gasteiger partial charge in [-0.25, -0.2) is 13.4 Å². The van der Waals surface area contributed by atoms with Gasteiger partial charge in [0, 0.05) is 18.5 Å². The lowest BCUT2D eigenvalue weighted by atomic mass is 10.4. The van der Waals surface area contributed by atoms with Gasteiger partial charge in [-0.05, 0) is 13.8 Å². The molecule has 0 saturated heterocycles. The molecule has 0 aliphatic heterocycles. The topological polar surface area (TPSA) is 68.1 Å². The highest BCUT2D eigenvalue weighted by Gasteiger charge is 2.29. The SMILES string of the molecule is CCN(CC)S(=O)(=O)c1c(C)nn(Cc2cscn2)c1C. The van der Waals surface area contributed by atoms with Crippen LogP contribution in [0.5, 0.6) is 0 Å². The zero-order valence-electron chi connectivity index (χ0n) is 12.7. The lowest BCUT2D eigenvalue weighted by molar-refractivity contribution is 0.444. The number of nitrogens with zero attached hydrogens (tertiary/aromatic N) is 4. The Bertz CT molecular complexity index is 701. The monoisotopic (exact) mass is 328 g/mol. The van der Waals surface area contributed by atoms with Gasteiger partial charge in [0.1, 0.15) is 4.90 Å². The molecule has 0 aliphatic rings. The van der Waals surface area contributed by atoms with Crippen LogP contribution in [0.2, 0.25) is 0 Å². The molecule has 0 N–H and O–H groups in total. The molecule has 0 aliphatic carbocycles. The van der Waals surface area contributed by atoms with Gasteiger partial charge in [-0.3, -0.25) is 4.68 Å². The molecule has 0 unspecified atom stereocenters. The van der Waals surface area contributed by atoms with Gasteiger partial charge in [0.05, 0.1) is 29.1 Å². The fourth-order valence-corrected chi connectivity index (χ4v) is 4.75. The highest BCUT2D eigenvalue weighted by molar-refractivity contribution is 7.89. The summed E-state index contributed by atoms with van der Waals surface area (Å²) < 4.78 is 28.6. The predicted molar refractivity (Wildman–Crippen MR) is 83.0 cm³/mol. The molecule has 0 spiro atoms. The maximum atomic E-state index is 12.7. The highest BCUT2D eigenvalue weighted by Crippen LogP contribution is 2.24. The van der Waals surface area contributed by atoms with Crippen molar-refractivity contribution in [1.82, 2.24) is 19.1 Å². The molecule has 21 heavy (non-hydrogen) atoms. The first kappa shape index (κ1) is 16.1. The molecule has 6 nitrogen and oxygen atoms in total. The summed E-state index contributed by atoms with van der Waals surface area (Å²) in [6, 6.07) is 0. The second-order valence-corrected chi connectivity index (χ2v) is 7.32. The average Bonchev–Trinajstić information content (AvgIpc) is 3.00. The Hall–Kier alpha value is -1.25. The summed E-state index contributed by atoms with van der Waals surface area (Å²) in [5.41, 5.74) is 3.84. The third-order valence-electron chi connectivity index (χ3n) is 3.41. The van der Waals surface area contributed by atoms with Crippen LogP contribution in [0.25, 0.3) is 0 Å². The van der Waals surface area contributed by atoms with Gasteiger partial charge in [0.2, 0.25) is 10.0 Å².